The van der Waals surface area contributed by atoms with Crippen LogP contribution < -0.4 is 10.6 Å². The number of benzene rings is 1. The highest BCUT2D eigenvalue weighted by Gasteiger charge is 2.20. The lowest BCUT2D eigenvalue weighted by atomic mass is 9.96. The van der Waals surface area contributed by atoms with Crippen LogP contribution in [0.1, 0.15) is 39.2 Å². The first kappa shape index (κ1) is 17.1. The Labute approximate surface area is 125 Å². The van der Waals surface area contributed by atoms with Crippen molar-refractivity contribution in [3.63, 3.8) is 0 Å². The highest BCUT2D eigenvalue weighted by atomic mass is 19.1. The summed E-state index contributed by atoms with van der Waals surface area (Å²) in [6, 6.07) is 4.27. The van der Waals surface area contributed by atoms with Gasteiger partial charge in [0.1, 0.15) is 5.82 Å². The largest absolute Gasteiger partial charge is 0.356 e. The van der Waals surface area contributed by atoms with Gasteiger partial charge >= 0.3 is 0 Å². The lowest BCUT2D eigenvalue weighted by Gasteiger charge is -2.17. The van der Waals surface area contributed by atoms with Crippen LogP contribution in [0.15, 0.2) is 18.2 Å². The van der Waals surface area contributed by atoms with E-state index in [4.69, 9.17) is 0 Å². The molecule has 0 aliphatic heterocycles. The highest BCUT2D eigenvalue weighted by Crippen LogP contribution is 2.16. The molecule has 0 aliphatic rings. The quantitative estimate of drug-likeness (QED) is 0.820. The number of hydrogen-bond acceptors (Lipinski definition) is 2. The third-order valence-electron chi connectivity index (χ3n) is 3.02. The van der Waals surface area contributed by atoms with E-state index < -0.39 is 5.41 Å². The minimum Gasteiger partial charge on any atom is -0.356 e. The third-order valence-corrected chi connectivity index (χ3v) is 3.02. The second-order valence-electron chi connectivity index (χ2n) is 6.12. The number of anilines is 1. The number of amides is 2. The zero-order chi connectivity index (χ0) is 16.0. The fourth-order valence-electron chi connectivity index (χ4n) is 1.66. The molecule has 116 valence electrons. The van der Waals surface area contributed by atoms with Crippen molar-refractivity contribution in [2.24, 2.45) is 5.41 Å². The van der Waals surface area contributed by atoms with Crippen molar-refractivity contribution in [1.29, 1.82) is 0 Å². The smallest absolute Gasteiger partial charge is 0.225 e. The van der Waals surface area contributed by atoms with E-state index in [1.54, 1.807) is 13.0 Å². The Hall–Kier alpha value is -1.91. The van der Waals surface area contributed by atoms with Crippen molar-refractivity contribution >= 4 is 17.5 Å². The number of carbonyl (C=O) groups is 2. The van der Waals surface area contributed by atoms with Gasteiger partial charge < -0.3 is 10.6 Å². The molecule has 0 saturated heterocycles. The van der Waals surface area contributed by atoms with Gasteiger partial charge in [0.05, 0.1) is 0 Å². The fraction of sp³-hybridized carbons (Fsp3) is 0.500. The maximum Gasteiger partial charge on any atom is 0.225 e. The van der Waals surface area contributed by atoms with Gasteiger partial charge in [-0.05, 0) is 31.0 Å². The van der Waals surface area contributed by atoms with Crippen molar-refractivity contribution in [1.82, 2.24) is 5.32 Å². The third kappa shape index (κ3) is 5.94. The number of nitrogens with one attached hydrogen (secondary N) is 2. The minimum atomic E-state index is -0.430. The first-order valence-electron chi connectivity index (χ1n) is 7.04. The zero-order valence-electron chi connectivity index (χ0n) is 13.0. The molecule has 21 heavy (non-hydrogen) atoms. The number of aryl methyl sites for hydroxylation is 1. The molecule has 0 aliphatic carbocycles. The predicted molar refractivity (Wildman–Crippen MR) is 81.5 cm³/mol. The molecular formula is C16H23FN2O2. The monoisotopic (exact) mass is 294 g/mol. The number of carbonyl (C=O) groups excluding carboxylic acids is 2. The summed E-state index contributed by atoms with van der Waals surface area (Å²) in [4.78, 5) is 23.4. The Balaban J connectivity index is 2.35. The van der Waals surface area contributed by atoms with E-state index in [9.17, 15) is 14.0 Å². The van der Waals surface area contributed by atoms with Gasteiger partial charge in [0.25, 0.3) is 0 Å². The molecule has 0 bridgehead atoms. The van der Waals surface area contributed by atoms with Crippen LogP contribution in [0, 0.1) is 18.2 Å². The average molecular weight is 294 g/mol. The van der Waals surface area contributed by atoms with Crippen LogP contribution in [-0.2, 0) is 9.59 Å². The highest BCUT2D eigenvalue weighted by molar-refractivity contribution is 5.91. The van der Waals surface area contributed by atoms with E-state index in [1.807, 2.05) is 20.8 Å². The Bertz CT molecular complexity index is 521. The molecule has 0 spiro atoms. The maximum atomic E-state index is 13.1. The molecule has 2 amide bonds. The van der Waals surface area contributed by atoms with Crippen LogP contribution in [0.5, 0.6) is 0 Å². The Morgan fingerprint density at radius 3 is 2.52 bits per heavy atom. The zero-order valence-corrected chi connectivity index (χ0v) is 13.0. The molecule has 0 fully saturated rings. The second kappa shape index (κ2) is 7.20. The topological polar surface area (TPSA) is 58.2 Å². The predicted octanol–water partition coefficient (Wildman–Crippen LogP) is 3.02. The van der Waals surface area contributed by atoms with Gasteiger partial charge in [-0.25, -0.2) is 4.39 Å². The van der Waals surface area contributed by atoms with E-state index in [1.165, 1.54) is 12.1 Å². The summed E-state index contributed by atoms with van der Waals surface area (Å²) in [5, 5.41) is 5.46. The maximum absolute atomic E-state index is 13.1. The van der Waals surface area contributed by atoms with Gasteiger partial charge in [0.2, 0.25) is 11.8 Å². The lowest BCUT2D eigenvalue weighted by molar-refractivity contribution is -0.128. The molecule has 5 heteroatoms. The summed E-state index contributed by atoms with van der Waals surface area (Å²) >= 11 is 0. The van der Waals surface area contributed by atoms with Gasteiger partial charge in [0, 0.05) is 24.1 Å². The molecular weight excluding hydrogens is 271 g/mol. The first-order valence-corrected chi connectivity index (χ1v) is 7.04. The van der Waals surface area contributed by atoms with Crippen molar-refractivity contribution in [2.75, 3.05) is 11.9 Å². The van der Waals surface area contributed by atoms with Gasteiger partial charge in [-0.2, -0.15) is 0 Å². The summed E-state index contributed by atoms with van der Waals surface area (Å²) in [5.41, 5.74) is 0.866. The van der Waals surface area contributed by atoms with Gasteiger partial charge in [-0.3, -0.25) is 9.59 Å². The normalized spacial score (nSPS) is 11.1. The SMILES string of the molecule is Cc1ccc(F)cc1NC(=O)CCCNC(=O)C(C)(C)C. The van der Waals surface area contributed by atoms with Crippen molar-refractivity contribution in [3.05, 3.63) is 29.6 Å². The second-order valence-corrected chi connectivity index (χ2v) is 6.12. The fourth-order valence-corrected chi connectivity index (χ4v) is 1.66. The molecule has 0 radical (unpaired) electrons. The number of hydrogen-bond donors (Lipinski definition) is 2. The number of halogens is 1. The molecule has 0 heterocycles. The molecule has 1 aromatic rings. The van der Waals surface area contributed by atoms with E-state index >= 15 is 0 Å². The summed E-state index contributed by atoms with van der Waals surface area (Å²) < 4.78 is 13.1. The van der Waals surface area contributed by atoms with Crippen molar-refractivity contribution in [3.8, 4) is 0 Å². The molecule has 0 aromatic heterocycles. The standard InChI is InChI=1S/C16H23FN2O2/c1-11-7-8-12(17)10-13(11)19-14(20)6-5-9-18-15(21)16(2,3)4/h7-8,10H,5-6,9H2,1-4H3,(H,18,21)(H,19,20). The lowest BCUT2D eigenvalue weighted by Crippen LogP contribution is -2.35. The van der Waals surface area contributed by atoms with Gasteiger partial charge in [0.15, 0.2) is 0 Å². The molecule has 0 atom stereocenters. The van der Waals surface area contributed by atoms with Gasteiger partial charge in [-0.15, -0.1) is 0 Å². The van der Waals surface area contributed by atoms with Crippen LogP contribution in [0.2, 0.25) is 0 Å². The van der Waals surface area contributed by atoms with Gasteiger partial charge in [-0.1, -0.05) is 26.8 Å². The Morgan fingerprint density at radius 2 is 1.90 bits per heavy atom. The summed E-state index contributed by atoms with van der Waals surface area (Å²) in [5.74, 6) is -0.606. The van der Waals surface area contributed by atoms with Crippen LogP contribution in [0.25, 0.3) is 0 Å². The summed E-state index contributed by atoms with van der Waals surface area (Å²) in [6.45, 7) is 7.76. The van der Waals surface area contributed by atoms with Crippen LogP contribution in [0.4, 0.5) is 10.1 Å². The van der Waals surface area contributed by atoms with Crippen molar-refractivity contribution in [2.45, 2.75) is 40.5 Å². The Morgan fingerprint density at radius 1 is 1.24 bits per heavy atom. The van der Waals surface area contributed by atoms with E-state index in [0.717, 1.165) is 5.56 Å². The van der Waals surface area contributed by atoms with E-state index in [0.29, 0.717) is 18.7 Å². The number of rotatable bonds is 5. The van der Waals surface area contributed by atoms with Crippen LogP contribution in [-0.4, -0.2) is 18.4 Å². The molecule has 1 rings (SSSR count). The molecule has 2 N–H and O–H groups in total. The average Bonchev–Trinajstić information content (AvgIpc) is 2.37. The molecule has 4 nitrogen and oxygen atoms in total. The van der Waals surface area contributed by atoms with Crippen LogP contribution in [0.3, 0.4) is 0 Å². The van der Waals surface area contributed by atoms with Crippen molar-refractivity contribution < 1.29 is 14.0 Å². The van der Waals surface area contributed by atoms with E-state index in [-0.39, 0.29) is 24.1 Å². The molecule has 0 unspecified atom stereocenters. The molecule has 1 aromatic carbocycles. The van der Waals surface area contributed by atoms with E-state index in [2.05, 4.69) is 10.6 Å². The minimum absolute atomic E-state index is 0.0381. The molecule has 0 saturated carbocycles. The summed E-state index contributed by atoms with van der Waals surface area (Å²) in [6.07, 6.45) is 0.822. The summed E-state index contributed by atoms with van der Waals surface area (Å²) in [7, 11) is 0. The van der Waals surface area contributed by atoms with Crippen LogP contribution >= 0.6 is 0 Å². The Kier molecular flexibility index (Phi) is 5.88. The first-order chi connectivity index (χ1) is 9.70.